The second-order valence-electron chi connectivity index (χ2n) is 10.7. The number of para-hydroxylation sites is 1. The Morgan fingerprint density at radius 1 is 0.891 bits per heavy atom. The summed E-state index contributed by atoms with van der Waals surface area (Å²) in [7, 11) is 0. The summed E-state index contributed by atoms with van der Waals surface area (Å²) in [5.41, 5.74) is 3.91. The normalized spacial score (nSPS) is 16.6. The number of carbonyl (C=O) groups is 2. The smallest absolute Gasteiger partial charge is 0.338 e. The molecule has 228 valence electrons. The molecule has 0 spiro atoms. The predicted octanol–water partition coefficient (Wildman–Crippen LogP) is 6.16. The third-order valence-electron chi connectivity index (χ3n) is 7.97. The van der Waals surface area contributed by atoms with Crippen molar-refractivity contribution < 1.29 is 14.3 Å². The molecule has 1 atom stereocenters. The lowest BCUT2D eigenvalue weighted by atomic mass is 9.93. The summed E-state index contributed by atoms with van der Waals surface area (Å²) in [6.07, 6.45) is 0. The summed E-state index contributed by atoms with van der Waals surface area (Å²) in [5, 5.41) is 1.05. The zero-order chi connectivity index (χ0) is 31.9. The first-order valence-corrected chi connectivity index (χ1v) is 16.2. The number of halogens is 2. The molecule has 0 aliphatic carbocycles. The number of hydrogen-bond acceptors (Lipinski definition) is 6. The summed E-state index contributed by atoms with van der Waals surface area (Å²) < 4.78 is 7.26. The van der Waals surface area contributed by atoms with E-state index in [1.165, 1.54) is 4.57 Å². The lowest BCUT2D eigenvalue weighted by Crippen LogP contribution is -2.41. The van der Waals surface area contributed by atoms with Gasteiger partial charge in [-0.15, -0.1) is 0 Å². The molecule has 0 saturated carbocycles. The van der Waals surface area contributed by atoms with Crippen molar-refractivity contribution in [3.8, 4) is 0 Å². The molecule has 4 aromatic carbocycles. The maximum Gasteiger partial charge on any atom is 0.338 e. The molecule has 46 heavy (non-hydrogen) atoms. The largest absolute Gasteiger partial charge is 0.463 e. The van der Waals surface area contributed by atoms with Crippen molar-refractivity contribution in [3.63, 3.8) is 0 Å². The van der Waals surface area contributed by atoms with Gasteiger partial charge < -0.3 is 9.64 Å². The first kappa shape index (κ1) is 29.9. The number of carbonyl (C=O) groups excluding carboxylic acids is 2. The molecule has 1 aromatic heterocycles. The maximum atomic E-state index is 14.6. The number of aromatic nitrogens is 1. The fourth-order valence-corrected chi connectivity index (χ4v) is 7.32. The van der Waals surface area contributed by atoms with Crippen LogP contribution in [0.5, 0.6) is 0 Å². The van der Waals surface area contributed by atoms with Crippen LogP contribution >= 0.6 is 34.5 Å². The molecule has 0 bridgehead atoms. The molecule has 5 aromatic rings. The van der Waals surface area contributed by atoms with Crippen LogP contribution < -0.4 is 19.8 Å². The van der Waals surface area contributed by atoms with E-state index in [0.717, 1.165) is 16.9 Å². The topological polar surface area (TPSA) is 81.0 Å². The number of hydrogen-bond donors (Lipinski definition) is 0. The summed E-state index contributed by atoms with van der Waals surface area (Å²) in [5.74, 6) is -0.904. The van der Waals surface area contributed by atoms with Crippen molar-refractivity contribution in [2.24, 2.45) is 4.99 Å². The first-order valence-electron chi connectivity index (χ1n) is 14.6. The molecule has 7 nitrogen and oxygen atoms in total. The Morgan fingerprint density at radius 3 is 2.33 bits per heavy atom. The van der Waals surface area contributed by atoms with E-state index in [1.807, 2.05) is 72.8 Å². The minimum absolute atomic E-state index is 0.138. The van der Waals surface area contributed by atoms with Crippen LogP contribution in [0.3, 0.4) is 0 Å². The third-order valence-corrected chi connectivity index (χ3v) is 9.65. The van der Waals surface area contributed by atoms with Gasteiger partial charge in [-0.05, 0) is 42.3 Å². The van der Waals surface area contributed by atoms with Crippen LogP contribution in [0.4, 0.5) is 5.69 Å². The summed E-state index contributed by atoms with van der Waals surface area (Å²) in [6, 6.07) is 30.2. The fourth-order valence-electron chi connectivity index (χ4n) is 5.90. The third kappa shape index (κ3) is 5.08. The Labute approximate surface area is 277 Å². The zero-order valence-corrected chi connectivity index (χ0v) is 26.8. The van der Waals surface area contributed by atoms with Gasteiger partial charge in [0.1, 0.15) is 4.53 Å². The van der Waals surface area contributed by atoms with Gasteiger partial charge in [-0.3, -0.25) is 14.2 Å². The Morgan fingerprint density at radius 2 is 1.59 bits per heavy atom. The second-order valence-corrected chi connectivity index (χ2v) is 12.5. The molecule has 3 heterocycles. The van der Waals surface area contributed by atoms with E-state index in [1.54, 1.807) is 42.2 Å². The fraction of sp³-hybridized carbons (Fsp3) is 0.111. The van der Waals surface area contributed by atoms with Gasteiger partial charge in [-0.1, -0.05) is 113 Å². The SMILES string of the molecule is CCOC(=O)C1=C(c2ccccc2)N=c2s/c(=C3/C(=O)N(Cc4ccccc4Cl)c4ccccc43)c(=O)n2[C@H]1c1ccc(Cl)cc1. The molecule has 0 radical (unpaired) electrons. The minimum Gasteiger partial charge on any atom is -0.463 e. The summed E-state index contributed by atoms with van der Waals surface area (Å²) in [4.78, 5) is 49.5. The highest BCUT2D eigenvalue weighted by atomic mass is 35.5. The van der Waals surface area contributed by atoms with Crippen molar-refractivity contribution in [2.45, 2.75) is 19.5 Å². The van der Waals surface area contributed by atoms with Crippen LogP contribution in [-0.2, 0) is 20.9 Å². The van der Waals surface area contributed by atoms with E-state index in [2.05, 4.69) is 0 Å². The van der Waals surface area contributed by atoms with Crippen LogP contribution in [0, 0.1) is 0 Å². The highest BCUT2D eigenvalue weighted by molar-refractivity contribution is 7.07. The van der Waals surface area contributed by atoms with Crippen LogP contribution in [0.1, 0.15) is 35.2 Å². The van der Waals surface area contributed by atoms with Gasteiger partial charge in [0.05, 0.1) is 41.7 Å². The Bertz CT molecular complexity index is 2240. The van der Waals surface area contributed by atoms with Gasteiger partial charge in [0, 0.05) is 21.2 Å². The van der Waals surface area contributed by atoms with Gasteiger partial charge in [0.2, 0.25) is 0 Å². The molecule has 10 heteroatoms. The van der Waals surface area contributed by atoms with Crippen molar-refractivity contribution in [3.05, 3.63) is 161 Å². The standard InChI is InChI=1S/C36H25Cl2N3O4S/c1-2-45-35(44)29-30(21-10-4-3-5-11-21)39-36-41(31(29)22-16-18-24(37)19-17-22)34(43)32(46-36)28-25-13-7-9-15-27(25)40(33(28)42)20-23-12-6-8-14-26(23)38/h3-19,31H,2,20H2,1H3/b32-28+/t31-/m0/s1. The number of amides is 1. The molecule has 2 aliphatic heterocycles. The average molecular weight is 667 g/mol. The number of ether oxygens (including phenoxy) is 1. The number of anilines is 1. The van der Waals surface area contributed by atoms with E-state index in [-0.39, 0.29) is 34.7 Å². The average Bonchev–Trinajstić information content (AvgIpc) is 3.54. The zero-order valence-electron chi connectivity index (χ0n) is 24.4. The van der Waals surface area contributed by atoms with Gasteiger partial charge >= 0.3 is 5.97 Å². The number of nitrogens with zero attached hydrogens (tertiary/aromatic N) is 3. The Kier molecular flexibility index (Phi) is 7.94. The minimum atomic E-state index is -0.886. The maximum absolute atomic E-state index is 14.6. The lowest BCUT2D eigenvalue weighted by molar-refractivity contribution is -0.138. The molecule has 0 N–H and O–H groups in total. The van der Waals surface area contributed by atoms with Gasteiger partial charge in [0.25, 0.3) is 11.5 Å². The number of benzene rings is 4. The number of rotatable bonds is 6. The molecule has 1 amide bonds. The molecule has 7 rings (SSSR count). The van der Waals surface area contributed by atoms with Crippen molar-refractivity contribution >= 4 is 63.4 Å². The molecule has 2 aliphatic rings. The van der Waals surface area contributed by atoms with Crippen LogP contribution in [0.25, 0.3) is 11.3 Å². The number of esters is 1. The van der Waals surface area contributed by atoms with E-state index < -0.39 is 17.6 Å². The highest BCUT2D eigenvalue weighted by Crippen LogP contribution is 2.38. The molecular formula is C36H25Cl2N3O4S. The van der Waals surface area contributed by atoms with Gasteiger partial charge in [-0.2, -0.15) is 0 Å². The molecule has 0 saturated heterocycles. The highest BCUT2D eigenvalue weighted by Gasteiger charge is 2.38. The summed E-state index contributed by atoms with van der Waals surface area (Å²) >= 11 is 13.8. The van der Waals surface area contributed by atoms with Crippen LogP contribution in [0.2, 0.25) is 10.0 Å². The summed E-state index contributed by atoms with van der Waals surface area (Å²) in [6.45, 7) is 2.10. The van der Waals surface area contributed by atoms with Crippen molar-refractivity contribution in [1.29, 1.82) is 0 Å². The Balaban J connectivity index is 1.50. The van der Waals surface area contributed by atoms with E-state index in [4.69, 9.17) is 32.9 Å². The second kappa shape index (κ2) is 12.2. The van der Waals surface area contributed by atoms with E-state index in [9.17, 15) is 14.4 Å². The number of thiazole rings is 1. The molecule has 0 fully saturated rings. The predicted molar refractivity (Wildman–Crippen MR) is 181 cm³/mol. The van der Waals surface area contributed by atoms with Gasteiger partial charge in [-0.25, -0.2) is 9.79 Å². The van der Waals surface area contributed by atoms with Crippen molar-refractivity contribution in [2.75, 3.05) is 11.5 Å². The number of fused-ring (bicyclic) bond motifs is 2. The monoisotopic (exact) mass is 665 g/mol. The molecular weight excluding hydrogens is 641 g/mol. The first-order chi connectivity index (χ1) is 22.4. The van der Waals surface area contributed by atoms with E-state index in [0.29, 0.717) is 42.9 Å². The Hall–Kier alpha value is -4.76. The lowest BCUT2D eigenvalue weighted by Gasteiger charge is -2.26. The van der Waals surface area contributed by atoms with Crippen LogP contribution in [-0.4, -0.2) is 23.1 Å². The quantitative estimate of drug-likeness (QED) is 0.204. The van der Waals surface area contributed by atoms with Gasteiger partial charge in [0.15, 0.2) is 4.80 Å². The van der Waals surface area contributed by atoms with Crippen LogP contribution in [0.15, 0.2) is 118 Å². The molecule has 0 unspecified atom stereocenters. The van der Waals surface area contributed by atoms with Crippen molar-refractivity contribution in [1.82, 2.24) is 4.57 Å². The van der Waals surface area contributed by atoms with E-state index >= 15 is 0 Å².